The number of carboxylic acid groups (broad SMARTS) is 1. The average molecular weight is 297 g/mol. The highest BCUT2D eigenvalue weighted by Crippen LogP contribution is 2.34. The number of hydrogen-bond donors (Lipinski definition) is 3. The van der Waals surface area contributed by atoms with Crippen molar-refractivity contribution in [3.63, 3.8) is 0 Å². The number of carbonyl (C=O) groups excluding carboxylic acids is 2. The van der Waals surface area contributed by atoms with Crippen molar-refractivity contribution in [1.82, 2.24) is 15.5 Å². The van der Waals surface area contributed by atoms with Gasteiger partial charge in [-0.15, -0.1) is 0 Å². The van der Waals surface area contributed by atoms with Crippen LogP contribution in [0.4, 0.5) is 4.79 Å². The van der Waals surface area contributed by atoms with Crippen LogP contribution in [0, 0.1) is 0 Å². The average Bonchev–Trinajstić information content (AvgIpc) is 3.02. The number of nitrogens with zero attached hydrogens (tertiary/aromatic N) is 1. The molecule has 0 aromatic carbocycles. The topological polar surface area (TPSA) is 108 Å². The molecule has 8 nitrogen and oxygen atoms in total. The maximum Gasteiger partial charge on any atom is 0.318 e. The van der Waals surface area contributed by atoms with E-state index in [4.69, 9.17) is 9.84 Å². The lowest BCUT2D eigenvalue weighted by Crippen LogP contribution is -2.61. The summed E-state index contributed by atoms with van der Waals surface area (Å²) < 4.78 is 5.68. The van der Waals surface area contributed by atoms with Crippen LogP contribution in [0.2, 0.25) is 0 Å². The van der Waals surface area contributed by atoms with Gasteiger partial charge in [0.05, 0.1) is 24.7 Å². The zero-order valence-corrected chi connectivity index (χ0v) is 11.6. The standard InChI is InChI=1S/C13H19N3O5/c17-11(18)6-9-12(19)14-3-4-16(9)13(20)15-8-5-7-1-2-10(8)21-7/h7-10H,1-6H2,(H,14,19)(H,15,20)(H,17,18). The Bertz CT molecular complexity index is 469. The van der Waals surface area contributed by atoms with Gasteiger partial charge in [-0.2, -0.15) is 0 Å². The van der Waals surface area contributed by atoms with Gasteiger partial charge in [-0.25, -0.2) is 4.79 Å². The number of ether oxygens (including phenoxy) is 1. The number of piperazine rings is 1. The number of carbonyl (C=O) groups is 3. The van der Waals surface area contributed by atoms with Crippen LogP contribution in [0.25, 0.3) is 0 Å². The molecule has 3 fully saturated rings. The number of amides is 3. The van der Waals surface area contributed by atoms with Crippen LogP contribution in [-0.4, -0.2) is 65.3 Å². The number of hydrogen-bond acceptors (Lipinski definition) is 4. The lowest BCUT2D eigenvalue weighted by molar-refractivity contribution is -0.142. The Morgan fingerprint density at radius 1 is 1.43 bits per heavy atom. The Kier molecular flexibility index (Phi) is 3.71. The molecule has 2 bridgehead atoms. The van der Waals surface area contributed by atoms with Gasteiger partial charge in [0.25, 0.3) is 0 Å². The van der Waals surface area contributed by atoms with Crippen molar-refractivity contribution in [2.75, 3.05) is 13.1 Å². The number of aliphatic carboxylic acids is 1. The molecule has 3 amide bonds. The van der Waals surface area contributed by atoms with Gasteiger partial charge >= 0.3 is 12.0 Å². The third-order valence-corrected chi connectivity index (χ3v) is 4.37. The Balaban J connectivity index is 1.64. The lowest BCUT2D eigenvalue weighted by Gasteiger charge is -2.35. The monoisotopic (exact) mass is 297 g/mol. The molecule has 3 rings (SSSR count). The van der Waals surface area contributed by atoms with Crippen molar-refractivity contribution in [2.45, 2.75) is 50.0 Å². The van der Waals surface area contributed by atoms with E-state index in [1.807, 2.05) is 0 Å². The second-order valence-corrected chi connectivity index (χ2v) is 5.76. The quantitative estimate of drug-likeness (QED) is 0.638. The number of urea groups is 1. The lowest BCUT2D eigenvalue weighted by atomic mass is 9.95. The first-order valence-corrected chi connectivity index (χ1v) is 7.26. The largest absolute Gasteiger partial charge is 0.481 e. The third-order valence-electron chi connectivity index (χ3n) is 4.37. The smallest absolute Gasteiger partial charge is 0.318 e. The van der Waals surface area contributed by atoms with Gasteiger partial charge in [0, 0.05) is 13.1 Å². The zero-order chi connectivity index (χ0) is 15.0. The fraction of sp³-hybridized carbons (Fsp3) is 0.769. The predicted molar refractivity (Wildman–Crippen MR) is 70.6 cm³/mol. The van der Waals surface area contributed by atoms with E-state index in [-0.39, 0.29) is 30.7 Å². The van der Waals surface area contributed by atoms with Gasteiger partial charge in [0.1, 0.15) is 6.04 Å². The molecule has 0 aromatic heterocycles. The van der Waals surface area contributed by atoms with Crippen molar-refractivity contribution in [3.8, 4) is 0 Å². The Morgan fingerprint density at radius 3 is 2.86 bits per heavy atom. The highest BCUT2D eigenvalue weighted by Gasteiger charge is 2.43. The van der Waals surface area contributed by atoms with E-state index in [2.05, 4.69) is 10.6 Å². The summed E-state index contributed by atoms with van der Waals surface area (Å²) in [5, 5.41) is 14.4. The summed E-state index contributed by atoms with van der Waals surface area (Å²) in [4.78, 5) is 36.3. The highest BCUT2D eigenvalue weighted by molar-refractivity contribution is 5.91. The Labute approximate surface area is 121 Å². The van der Waals surface area contributed by atoms with Crippen LogP contribution in [-0.2, 0) is 14.3 Å². The van der Waals surface area contributed by atoms with Gasteiger partial charge in [-0.3, -0.25) is 9.59 Å². The van der Waals surface area contributed by atoms with E-state index in [9.17, 15) is 14.4 Å². The molecule has 3 N–H and O–H groups in total. The molecule has 8 heteroatoms. The van der Waals surface area contributed by atoms with E-state index in [1.165, 1.54) is 4.90 Å². The molecule has 0 radical (unpaired) electrons. The molecule has 21 heavy (non-hydrogen) atoms. The van der Waals surface area contributed by atoms with Gasteiger partial charge in [-0.1, -0.05) is 0 Å². The van der Waals surface area contributed by atoms with E-state index in [1.54, 1.807) is 0 Å². The predicted octanol–water partition coefficient (Wildman–Crippen LogP) is -0.709. The number of rotatable bonds is 3. The minimum Gasteiger partial charge on any atom is -0.481 e. The maximum atomic E-state index is 12.4. The Hall–Kier alpha value is -1.83. The van der Waals surface area contributed by atoms with Crippen LogP contribution >= 0.6 is 0 Å². The van der Waals surface area contributed by atoms with Crippen molar-refractivity contribution >= 4 is 17.9 Å². The van der Waals surface area contributed by atoms with Crippen LogP contribution in [0.15, 0.2) is 0 Å². The molecule has 0 spiro atoms. The molecular weight excluding hydrogens is 278 g/mol. The molecule has 0 aromatic rings. The van der Waals surface area contributed by atoms with Crippen molar-refractivity contribution in [1.29, 1.82) is 0 Å². The van der Waals surface area contributed by atoms with Gasteiger partial charge in [-0.05, 0) is 19.3 Å². The van der Waals surface area contributed by atoms with Gasteiger partial charge in [0.2, 0.25) is 5.91 Å². The van der Waals surface area contributed by atoms with Crippen molar-refractivity contribution < 1.29 is 24.2 Å². The number of nitrogens with one attached hydrogen (secondary N) is 2. The molecule has 3 heterocycles. The summed E-state index contributed by atoms with van der Waals surface area (Å²) in [5.41, 5.74) is 0. The molecule has 4 atom stereocenters. The molecule has 4 unspecified atom stereocenters. The second-order valence-electron chi connectivity index (χ2n) is 5.76. The molecule has 3 aliphatic heterocycles. The number of carboxylic acids is 1. The summed E-state index contributed by atoms with van der Waals surface area (Å²) in [5.74, 6) is -1.51. The molecule has 3 saturated heterocycles. The fourth-order valence-corrected chi connectivity index (χ4v) is 3.36. The number of fused-ring (bicyclic) bond motifs is 2. The summed E-state index contributed by atoms with van der Waals surface area (Å²) in [7, 11) is 0. The van der Waals surface area contributed by atoms with Crippen LogP contribution in [0.1, 0.15) is 25.7 Å². The fourth-order valence-electron chi connectivity index (χ4n) is 3.36. The normalized spacial score (nSPS) is 34.7. The van der Waals surface area contributed by atoms with E-state index in [0.717, 1.165) is 19.3 Å². The molecule has 3 aliphatic rings. The van der Waals surface area contributed by atoms with Gasteiger partial charge in [0.15, 0.2) is 0 Å². The maximum absolute atomic E-state index is 12.4. The summed E-state index contributed by atoms with van der Waals surface area (Å²) >= 11 is 0. The van der Waals surface area contributed by atoms with E-state index >= 15 is 0 Å². The van der Waals surface area contributed by atoms with Crippen LogP contribution in [0.3, 0.4) is 0 Å². The van der Waals surface area contributed by atoms with Crippen LogP contribution < -0.4 is 10.6 Å². The second kappa shape index (κ2) is 5.51. The first kappa shape index (κ1) is 14.1. The molecule has 0 saturated carbocycles. The van der Waals surface area contributed by atoms with Gasteiger partial charge < -0.3 is 25.4 Å². The SMILES string of the molecule is O=C(O)CC1C(=O)NCCN1C(=O)NC1CC2CCC1O2. The molecule has 116 valence electrons. The summed E-state index contributed by atoms with van der Waals surface area (Å²) in [6.45, 7) is 0.660. The molecule has 0 aliphatic carbocycles. The van der Waals surface area contributed by atoms with Crippen molar-refractivity contribution in [2.24, 2.45) is 0 Å². The Morgan fingerprint density at radius 2 is 2.24 bits per heavy atom. The van der Waals surface area contributed by atoms with E-state index < -0.39 is 17.9 Å². The first-order valence-electron chi connectivity index (χ1n) is 7.26. The third kappa shape index (κ3) is 2.80. The first-order chi connectivity index (χ1) is 10.0. The van der Waals surface area contributed by atoms with Crippen LogP contribution in [0.5, 0.6) is 0 Å². The summed E-state index contributed by atoms with van der Waals surface area (Å²) in [6.07, 6.45) is 2.65. The van der Waals surface area contributed by atoms with Crippen molar-refractivity contribution in [3.05, 3.63) is 0 Å². The molecular formula is C13H19N3O5. The van der Waals surface area contributed by atoms with E-state index in [0.29, 0.717) is 13.1 Å². The summed E-state index contributed by atoms with van der Waals surface area (Å²) in [6, 6.07) is -1.36. The highest BCUT2D eigenvalue weighted by atomic mass is 16.5. The zero-order valence-electron chi connectivity index (χ0n) is 11.6. The minimum absolute atomic E-state index is 0.0354. The minimum atomic E-state index is -1.10.